The highest BCUT2D eigenvalue weighted by atomic mass is 32.2. The molecular formula is C28H33O5S. The Labute approximate surface area is 206 Å². The van der Waals surface area contributed by atoms with Crippen molar-refractivity contribution in [2.45, 2.75) is 52.4 Å². The van der Waals surface area contributed by atoms with Gasteiger partial charge in [-0.2, -0.15) is 11.8 Å². The van der Waals surface area contributed by atoms with E-state index in [1.165, 1.54) is 0 Å². The Morgan fingerprint density at radius 3 is 1.82 bits per heavy atom. The summed E-state index contributed by atoms with van der Waals surface area (Å²) in [7, 11) is 0. The fourth-order valence-electron chi connectivity index (χ4n) is 3.81. The Bertz CT molecular complexity index is 923. The Kier molecular flexibility index (Phi) is 8.97. The minimum Gasteiger partial charge on any atom is -0.460 e. The van der Waals surface area contributed by atoms with Gasteiger partial charge in [0.1, 0.15) is 19.3 Å². The molecular weight excluding hydrogens is 448 g/mol. The van der Waals surface area contributed by atoms with Gasteiger partial charge in [0, 0.05) is 12.2 Å². The highest BCUT2D eigenvalue weighted by molar-refractivity contribution is 7.98. The van der Waals surface area contributed by atoms with E-state index in [4.69, 9.17) is 14.2 Å². The summed E-state index contributed by atoms with van der Waals surface area (Å²) in [5, 5.41) is 0. The molecule has 0 aliphatic heterocycles. The van der Waals surface area contributed by atoms with E-state index in [9.17, 15) is 9.59 Å². The first-order valence-corrected chi connectivity index (χ1v) is 12.8. The standard InChI is InChI=1S/C28H33O5S/c1-27(2,3)33-24-18-28(17-23(24)15-16-34-4,25(29)31-19-21-11-7-5-8-12-21)26(30)32-20-22-13-9-6-10-14-22/h5-15H,16-20H2,1-4H3/b23-15-. The molecule has 1 saturated carbocycles. The summed E-state index contributed by atoms with van der Waals surface area (Å²) in [6.45, 7) is 6.04. The van der Waals surface area contributed by atoms with Crippen LogP contribution in [0.2, 0.25) is 0 Å². The third-order valence-corrected chi connectivity index (χ3v) is 5.95. The number of ether oxygens (including phenoxy) is 3. The summed E-state index contributed by atoms with van der Waals surface area (Å²) in [6.07, 6.45) is 5.00. The summed E-state index contributed by atoms with van der Waals surface area (Å²) in [6, 6.07) is 18.9. The second kappa shape index (κ2) is 11.7. The predicted octanol–water partition coefficient (Wildman–Crippen LogP) is 5.89. The second-order valence-corrected chi connectivity index (χ2v) is 10.3. The third-order valence-electron chi connectivity index (χ3n) is 5.45. The third kappa shape index (κ3) is 6.97. The molecule has 34 heavy (non-hydrogen) atoms. The molecule has 0 heterocycles. The molecule has 0 spiro atoms. The van der Waals surface area contributed by atoms with E-state index in [2.05, 4.69) is 0 Å². The van der Waals surface area contributed by atoms with Gasteiger partial charge in [0.2, 0.25) is 0 Å². The summed E-state index contributed by atoms with van der Waals surface area (Å²) in [4.78, 5) is 27.0. The lowest BCUT2D eigenvalue weighted by atomic mass is 9.85. The zero-order chi connectivity index (χ0) is 24.6. The van der Waals surface area contributed by atoms with Crippen LogP contribution in [0.25, 0.3) is 0 Å². The van der Waals surface area contributed by atoms with Crippen LogP contribution in [0.1, 0.15) is 44.7 Å². The van der Waals surface area contributed by atoms with Crippen LogP contribution in [0.4, 0.5) is 0 Å². The van der Waals surface area contributed by atoms with Crippen LogP contribution >= 0.6 is 11.8 Å². The monoisotopic (exact) mass is 481 g/mol. The van der Waals surface area contributed by atoms with Gasteiger partial charge in [0.05, 0.1) is 5.60 Å². The molecule has 1 radical (unpaired) electrons. The van der Waals surface area contributed by atoms with Gasteiger partial charge in [-0.05, 0) is 50.1 Å². The van der Waals surface area contributed by atoms with Crippen molar-refractivity contribution in [1.82, 2.24) is 0 Å². The van der Waals surface area contributed by atoms with Crippen LogP contribution in [-0.4, -0.2) is 29.5 Å². The van der Waals surface area contributed by atoms with Crippen LogP contribution in [-0.2, 0) is 37.0 Å². The topological polar surface area (TPSA) is 61.8 Å². The second-order valence-electron chi connectivity index (χ2n) is 9.38. The summed E-state index contributed by atoms with van der Waals surface area (Å²) in [5.74, 6) is -0.422. The van der Waals surface area contributed by atoms with Crippen molar-refractivity contribution < 1.29 is 23.8 Å². The highest BCUT2D eigenvalue weighted by Crippen LogP contribution is 2.50. The summed E-state index contributed by atoms with van der Waals surface area (Å²) < 4.78 is 17.6. The highest BCUT2D eigenvalue weighted by Gasteiger charge is 2.57. The largest absolute Gasteiger partial charge is 0.460 e. The van der Waals surface area contributed by atoms with Crippen molar-refractivity contribution in [3.63, 3.8) is 0 Å². The number of esters is 2. The Hall–Kier alpha value is -2.57. The van der Waals surface area contributed by atoms with Gasteiger partial charge >= 0.3 is 11.9 Å². The van der Waals surface area contributed by atoms with Crippen LogP contribution in [0.15, 0.2) is 72.3 Å². The fourth-order valence-corrected chi connectivity index (χ4v) is 4.18. The molecule has 2 aromatic rings. The average Bonchev–Trinajstić information content (AvgIpc) is 3.18. The van der Waals surface area contributed by atoms with E-state index in [0.29, 0.717) is 6.10 Å². The smallest absolute Gasteiger partial charge is 0.324 e. The molecule has 1 fully saturated rings. The van der Waals surface area contributed by atoms with E-state index in [-0.39, 0.29) is 26.1 Å². The summed E-state index contributed by atoms with van der Waals surface area (Å²) in [5.41, 5.74) is 0.627. The molecule has 5 nitrogen and oxygen atoms in total. The van der Waals surface area contributed by atoms with Gasteiger partial charge < -0.3 is 14.2 Å². The maximum Gasteiger partial charge on any atom is 0.324 e. The molecule has 6 heteroatoms. The molecule has 0 N–H and O–H groups in total. The molecule has 1 aliphatic rings. The van der Waals surface area contributed by atoms with Crippen LogP contribution in [0, 0.1) is 11.5 Å². The SMILES string of the molecule is CSC/C=C1/CC(C(=O)OCc2ccccc2)(C(=O)OCc2ccccc2)C[C]1OC(C)(C)C. The van der Waals surface area contributed by atoms with Gasteiger partial charge in [-0.3, -0.25) is 9.59 Å². The molecule has 0 bridgehead atoms. The molecule has 3 rings (SSSR count). The minimum absolute atomic E-state index is 0.0900. The number of carbonyl (C=O) groups is 2. The molecule has 181 valence electrons. The number of hydrogen-bond donors (Lipinski definition) is 0. The van der Waals surface area contributed by atoms with E-state index >= 15 is 0 Å². The predicted molar refractivity (Wildman–Crippen MR) is 135 cm³/mol. The maximum atomic E-state index is 13.5. The van der Waals surface area contributed by atoms with Crippen molar-refractivity contribution in [1.29, 1.82) is 0 Å². The minimum atomic E-state index is -1.48. The Morgan fingerprint density at radius 2 is 1.38 bits per heavy atom. The molecule has 0 unspecified atom stereocenters. The Balaban J connectivity index is 1.86. The average molecular weight is 482 g/mol. The molecule has 2 aromatic carbocycles. The van der Waals surface area contributed by atoms with Crippen molar-refractivity contribution in [2.75, 3.05) is 12.0 Å². The zero-order valence-corrected chi connectivity index (χ0v) is 21.2. The quantitative estimate of drug-likeness (QED) is 0.329. The van der Waals surface area contributed by atoms with Gasteiger partial charge in [0.25, 0.3) is 0 Å². The first-order chi connectivity index (χ1) is 16.2. The van der Waals surface area contributed by atoms with Gasteiger partial charge in [-0.1, -0.05) is 66.7 Å². The lowest BCUT2D eigenvalue weighted by molar-refractivity contribution is -0.174. The van der Waals surface area contributed by atoms with E-state index in [1.807, 2.05) is 93.8 Å². The molecule has 0 saturated heterocycles. The zero-order valence-electron chi connectivity index (χ0n) is 20.3. The molecule has 0 aromatic heterocycles. The number of rotatable bonds is 9. The lowest BCUT2D eigenvalue weighted by Crippen LogP contribution is -2.40. The van der Waals surface area contributed by atoms with Crippen LogP contribution < -0.4 is 0 Å². The normalized spacial score (nSPS) is 17.0. The first kappa shape index (κ1) is 26.0. The molecule has 0 amide bonds. The number of benzene rings is 2. The van der Waals surface area contributed by atoms with E-state index < -0.39 is 23.0 Å². The number of thioether (sulfide) groups is 1. The van der Waals surface area contributed by atoms with Gasteiger partial charge in [0.15, 0.2) is 5.41 Å². The fraction of sp³-hybridized carbons (Fsp3) is 0.393. The number of hydrogen-bond acceptors (Lipinski definition) is 6. The molecule has 1 aliphatic carbocycles. The van der Waals surface area contributed by atoms with Crippen molar-refractivity contribution >= 4 is 23.7 Å². The molecule has 0 atom stereocenters. The summed E-state index contributed by atoms with van der Waals surface area (Å²) >= 11 is 1.66. The lowest BCUT2D eigenvalue weighted by Gasteiger charge is -2.27. The van der Waals surface area contributed by atoms with Crippen molar-refractivity contribution in [3.8, 4) is 0 Å². The van der Waals surface area contributed by atoms with Gasteiger partial charge in [-0.15, -0.1) is 0 Å². The number of carbonyl (C=O) groups excluding carboxylic acids is 2. The van der Waals surface area contributed by atoms with Crippen LogP contribution in [0.3, 0.4) is 0 Å². The van der Waals surface area contributed by atoms with Crippen molar-refractivity contribution in [3.05, 3.63) is 89.5 Å². The first-order valence-electron chi connectivity index (χ1n) is 11.4. The van der Waals surface area contributed by atoms with E-state index in [1.54, 1.807) is 11.8 Å². The van der Waals surface area contributed by atoms with Gasteiger partial charge in [-0.25, -0.2) is 0 Å². The maximum absolute atomic E-state index is 13.5. The van der Waals surface area contributed by atoms with E-state index in [0.717, 1.165) is 22.5 Å². The van der Waals surface area contributed by atoms with Crippen LogP contribution in [0.5, 0.6) is 0 Å². The Morgan fingerprint density at radius 1 is 0.882 bits per heavy atom. The van der Waals surface area contributed by atoms with Crippen molar-refractivity contribution in [2.24, 2.45) is 5.41 Å².